The Balaban J connectivity index is 1.59. The summed E-state index contributed by atoms with van der Waals surface area (Å²) in [5, 5.41) is 0. The van der Waals surface area contributed by atoms with Crippen molar-refractivity contribution in [2.24, 2.45) is 17.3 Å². The molecule has 2 aliphatic carbocycles. The molecule has 4 nitrogen and oxygen atoms in total. The first-order valence-corrected chi connectivity index (χ1v) is 9.11. The van der Waals surface area contributed by atoms with Crippen LogP contribution in [-0.2, 0) is 9.53 Å². The lowest BCUT2D eigenvalue weighted by Crippen LogP contribution is -2.46. The van der Waals surface area contributed by atoms with E-state index in [1.54, 1.807) is 12.1 Å². The van der Waals surface area contributed by atoms with Gasteiger partial charge in [0.05, 0.1) is 12.7 Å². The third-order valence-electron chi connectivity index (χ3n) is 6.43. The van der Waals surface area contributed by atoms with Crippen LogP contribution in [0.2, 0.25) is 0 Å². The van der Waals surface area contributed by atoms with Crippen molar-refractivity contribution in [3.63, 3.8) is 0 Å². The summed E-state index contributed by atoms with van der Waals surface area (Å²) >= 11 is 0. The Morgan fingerprint density at radius 2 is 1.84 bits per heavy atom. The highest BCUT2D eigenvalue weighted by molar-refractivity contribution is 5.90. The zero-order valence-corrected chi connectivity index (χ0v) is 14.8. The quantitative estimate of drug-likeness (QED) is 0.789. The van der Waals surface area contributed by atoms with Crippen molar-refractivity contribution in [1.29, 1.82) is 0 Å². The van der Waals surface area contributed by atoms with Gasteiger partial charge in [-0.3, -0.25) is 4.79 Å². The summed E-state index contributed by atoms with van der Waals surface area (Å²) in [5.41, 5.74) is 0.464. The Labute approximate surface area is 147 Å². The predicted octanol–water partition coefficient (Wildman–Crippen LogP) is 3.36. The number of esters is 1. The molecular formula is C20H24FNO3. The fourth-order valence-corrected chi connectivity index (χ4v) is 4.75. The van der Waals surface area contributed by atoms with Crippen LogP contribution in [0.15, 0.2) is 18.2 Å². The number of methoxy groups -OCH3 is 1. The topological polar surface area (TPSA) is 46.6 Å². The standard InChI is InChI=1S/C20H24FNO3/c1-20(8-9-20)19(24)22-10-12-6-7-13(11-22)16(12)14-4-3-5-15(17(14)21)18(23)25-2/h3-5,12-13,16H,6-11H2,1-2H3/t12-,13+,16?. The minimum Gasteiger partial charge on any atom is -0.465 e. The average molecular weight is 345 g/mol. The number of piperidine rings is 1. The second-order valence-electron chi connectivity index (χ2n) is 8.09. The van der Waals surface area contributed by atoms with Gasteiger partial charge in [-0.2, -0.15) is 0 Å². The number of rotatable bonds is 3. The zero-order valence-electron chi connectivity index (χ0n) is 14.8. The number of fused-ring (bicyclic) bond motifs is 2. The third kappa shape index (κ3) is 2.64. The number of likely N-dealkylation sites (tertiary alicyclic amines) is 1. The molecule has 1 unspecified atom stereocenters. The molecule has 25 heavy (non-hydrogen) atoms. The van der Waals surface area contributed by atoms with Gasteiger partial charge in [0.1, 0.15) is 5.82 Å². The fourth-order valence-electron chi connectivity index (χ4n) is 4.75. The summed E-state index contributed by atoms with van der Waals surface area (Å²) in [6.07, 6.45) is 3.99. The van der Waals surface area contributed by atoms with Gasteiger partial charge in [0, 0.05) is 18.5 Å². The molecule has 0 N–H and O–H groups in total. The molecule has 1 aromatic carbocycles. The third-order valence-corrected chi connectivity index (χ3v) is 6.43. The maximum Gasteiger partial charge on any atom is 0.340 e. The van der Waals surface area contributed by atoms with Crippen LogP contribution < -0.4 is 0 Å². The van der Waals surface area contributed by atoms with Gasteiger partial charge in [-0.15, -0.1) is 0 Å². The van der Waals surface area contributed by atoms with Gasteiger partial charge in [0.2, 0.25) is 5.91 Å². The van der Waals surface area contributed by atoms with Crippen LogP contribution in [0.25, 0.3) is 0 Å². The second-order valence-corrected chi connectivity index (χ2v) is 8.09. The van der Waals surface area contributed by atoms with Crippen molar-refractivity contribution in [2.45, 2.75) is 38.5 Å². The zero-order chi connectivity index (χ0) is 17.8. The SMILES string of the molecule is COC(=O)c1cccc(C2[C@@H]3CC[C@H]2CN(C(=O)C2(C)CC2)C3)c1F. The summed E-state index contributed by atoms with van der Waals surface area (Å²) in [6.45, 7) is 3.46. The first kappa shape index (κ1) is 16.6. The molecule has 3 atom stereocenters. The first-order chi connectivity index (χ1) is 11.9. The van der Waals surface area contributed by atoms with Crippen LogP contribution in [0.1, 0.15) is 54.4 Å². The molecule has 4 rings (SSSR count). The number of ether oxygens (including phenoxy) is 1. The molecular weight excluding hydrogens is 321 g/mol. The van der Waals surface area contributed by atoms with E-state index in [4.69, 9.17) is 0 Å². The molecule has 3 fully saturated rings. The molecule has 1 amide bonds. The maximum absolute atomic E-state index is 14.9. The molecule has 3 aliphatic rings. The molecule has 1 aromatic rings. The predicted molar refractivity (Wildman–Crippen MR) is 90.6 cm³/mol. The van der Waals surface area contributed by atoms with Gasteiger partial charge >= 0.3 is 5.97 Å². The van der Waals surface area contributed by atoms with Gasteiger partial charge in [-0.1, -0.05) is 19.1 Å². The fraction of sp³-hybridized carbons (Fsp3) is 0.600. The van der Waals surface area contributed by atoms with Crippen LogP contribution in [0, 0.1) is 23.1 Å². The lowest BCUT2D eigenvalue weighted by Gasteiger charge is -2.39. The van der Waals surface area contributed by atoms with Crippen LogP contribution in [0.4, 0.5) is 4.39 Å². The number of carbonyl (C=O) groups excluding carboxylic acids is 2. The Bertz CT molecular complexity index is 714. The Hall–Kier alpha value is -1.91. The van der Waals surface area contributed by atoms with E-state index < -0.39 is 11.8 Å². The van der Waals surface area contributed by atoms with E-state index in [1.807, 2.05) is 11.8 Å². The lowest BCUT2D eigenvalue weighted by molar-refractivity contribution is -0.138. The molecule has 0 aromatic heterocycles. The summed E-state index contributed by atoms with van der Waals surface area (Å²) < 4.78 is 19.6. The molecule has 1 heterocycles. The second kappa shape index (κ2) is 5.82. The van der Waals surface area contributed by atoms with E-state index >= 15 is 0 Å². The summed E-state index contributed by atoms with van der Waals surface area (Å²) in [6, 6.07) is 4.99. The first-order valence-electron chi connectivity index (χ1n) is 9.11. The minimum atomic E-state index is -0.638. The maximum atomic E-state index is 14.9. The van der Waals surface area contributed by atoms with E-state index in [0.29, 0.717) is 18.7 Å². The van der Waals surface area contributed by atoms with E-state index in [9.17, 15) is 14.0 Å². The van der Waals surface area contributed by atoms with Crippen LogP contribution in [-0.4, -0.2) is 37.0 Å². The van der Waals surface area contributed by atoms with Gasteiger partial charge in [-0.05, 0) is 55.1 Å². The summed E-state index contributed by atoms with van der Waals surface area (Å²) in [7, 11) is 1.26. The molecule has 2 bridgehead atoms. The Morgan fingerprint density at radius 1 is 1.20 bits per heavy atom. The molecule has 1 aliphatic heterocycles. The monoisotopic (exact) mass is 345 g/mol. The number of hydrogen-bond acceptors (Lipinski definition) is 3. The van der Waals surface area contributed by atoms with Gasteiger partial charge < -0.3 is 9.64 Å². The minimum absolute atomic E-state index is 0.00315. The van der Waals surface area contributed by atoms with E-state index in [-0.39, 0.29) is 34.6 Å². The van der Waals surface area contributed by atoms with E-state index in [0.717, 1.165) is 25.7 Å². The highest BCUT2D eigenvalue weighted by Crippen LogP contribution is 2.52. The van der Waals surface area contributed by atoms with Crippen molar-refractivity contribution < 1.29 is 18.7 Å². The summed E-state index contributed by atoms with van der Waals surface area (Å²) in [4.78, 5) is 26.5. The number of nitrogens with zero attached hydrogens (tertiary/aromatic N) is 1. The van der Waals surface area contributed by atoms with Crippen LogP contribution >= 0.6 is 0 Å². The number of carbonyl (C=O) groups is 2. The molecule has 0 radical (unpaired) electrons. The van der Waals surface area contributed by atoms with E-state index in [2.05, 4.69) is 4.74 Å². The van der Waals surface area contributed by atoms with Crippen molar-refractivity contribution in [3.8, 4) is 0 Å². The van der Waals surface area contributed by atoms with Crippen LogP contribution in [0.3, 0.4) is 0 Å². The van der Waals surface area contributed by atoms with E-state index in [1.165, 1.54) is 13.2 Å². The van der Waals surface area contributed by atoms with Gasteiger partial charge in [0.25, 0.3) is 0 Å². The highest BCUT2D eigenvalue weighted by atomic mass is 19.1. The molecule has 0 spiro atoms. The van der Waals surface area contributed by atoms with Crippen molar-refractivity contribution in [1.82, 2.24) is 4.90 Å². The Kier molecular flexibility index (Phi) is 3.85. The highest BCUT2D eigenvalue weighted by Gasteiger charge is 2.51. The van der Waals surface area contributed by atoms with Gasteiger partial charge in [0.15, 0.2) is 0 Å². The number of hydrogen-bond donors (Lipinski definition) is 0. The van der Waals surface area contributed by atoms with Gasteiger partial charge in [-0.25, -0.2) is 9.18 Å². The Morgan fingerprint density at radius 3 is 2.40 bits per heavy atom. The lowest BCUT2D eigenvalue weighted by atomic mass is 9.79. The molecule has 5 heteroatoms. The van der Waals surface area contributed by atoms with Crippen LogP contribution in [0.5, 0.6) is 0 Å². The molecule has 134 valence electrons. The molecule has 2 saturated carbocycles. The summed E-state index contributed by atoms with van der Waals surface area (Å²) in [5.74, 6) is -0.196. The smallest absolute Gasteiger partial charge is 0.340 e. The van der Waals surface area contributed by atoms with Crippen molar-refractivity contribution in [2.75, 3.05) is 20.2 Å². The van der Waals surface area contributed by atoms with Crippen molar-refractivity contribution in [3.05, 3.63) is 35.1 Å². The molecule has 1 saturated heterocycles. The number of benzene rings is 1. The largest absolute Gasteiger partial charge is 0.465 e. The number of amides is 1. The number of halogens is 1. The average Bonchev–Trinajstić information content (AvgIpc) is 3.31. The van der Waals surface area contributed by atoms with Crippen molar-refractivity contribution >= 4 is 11.9 Å². The normalized spacial score (nSPS) is 29.4.